The van der Waals surface area contributed by atoms with E-state index in [9.17, 15) is 0 Å². The number of rotatable bonds is 5. The standard InChI is InChI=1S/C15H23BrN2O.ClH/c1-17-9-12-4-3-7-18(10-12)11-13-8-14(19-2)5-6-15(13)16;/h5-6,8,12,17H,3-4,7,9-11H2,1-2H3;1H. The minimum atomic E-state index is 0. The van der Waals surface area contributed by atoms with Gasteiger partial charge in [0.15, 0.2) is 0 Å². The van der Waals surface area contributed by atoms with Gasteiger partial charge in [-0.3, -0.25) is 4.90 Å². The smallest absolute Gasteiger partial charge is 0.119 e. The van der Waals surface area contributed by atoms with Crippen LogP contribution in [0.15, 0.2) is 22.7 Å². The Morgan fingerprint density at radius 2 is 2.25 bits per heavy atom. The van der Waals surface area contributed by atoms with Crippen molar-refractivity contribution in [3.05, 3.63) is 28.2 Å². The van der Waals surface area contributed by atoms with Crippen molar-refractivity contribution in [3.63, 3.8) is 0 Å². The van der Waals surface area contributed by atoms with Crippen LogP contribution in [0.4, 0.5) is 0 Å². The summed E-state index contributed by atoms with van der Waals surface area (Å²) in [5.41, 5.74) is 1.31. The molecule has 1 fully saturated rings. The van der Waals surface area contributed by atoms with Gasteiger partial charge in [0.2, 0.25) is 0 Å². The van der Waals surface area contributed by atoms with Crippen molar-refractivity contribution < 1.29 is 4.74 Å². The van der Waals surface area contributed by atoms with Gasteiger partial charge in [-0.05, 0) is 62.7 Å². The number of hydrogen-bond donors (Lipinski definition) is 1. The summed E-state index contributed by atoms with van der Waals surface area (Å²) < 4.78 is 6.48. The van der Waals surface area contributed by atoms with E-state index in [0.717, 1.165) is 24.8 Å². The third-order valence-corrected chi connectivity index (χ3v) is 4.52. The summed E-state index contributed by atoms with van der Waals surface area (Å²) in [6, 6.07) is 6.20. The molecule has 0 aromatic heterocycles. The molecule has 0 bridgehead atoms. The first kappa shape index (κ1) is 17.8. The first-order chi connectivity index (χ1) is 9.22. The number of methoxy groups -OCH3 is 1. The van der Waals surface area contributed by atoms with Gasteiger partial charge in [0.25, 0.3) is 0 Å². The Bertz CT molecular complexity index is 415. The highest BCUT2D eigenvalue weighted by molar-refractivity contribution is 9.10. The maximum Gasteiger partial charge on any atom is 0.119 e. The quantitative estimate of drug-likeness (QED) is 0.868. The molecule has 5 heteroatoms. The number of hydrogen-bond acceptors (Lipinski definition) is 3. The molecule has 0 aliphatic carbocycles. The number of nitrogens with one attached hydrogen (secondary N) is 1. The van der Waals surface area contributed by atoms with Crippen molar-refractivity contribution in [2.75, 3.05) is 33.8 Å². The molecular formula is C15H24BrClN2O. The zero-order valence-corrected chi connectivity index (χ0v) is 14.6. The van der Waals surface area contributed by atoms with Crippen LogP contribution >= 0.6 is 28.3 Å². The zero-order chi connectivity index (χ0) is 13.7. The highest BCUT2D eigenvalue weighted by atomic mass is 79.9. The molecule has 1 heterocycles. The summed E-state index contributed by atoms with van der Waals surface area (Å²) in [7, 11) is 3.76. The van der Waals surface area contributed by atoms with Crippen LogP contribution in [0.1, 0.15) is 18.4 Å². The van der Waals surface area contributed by atoms with Crippen molar-refractivity contribution in [1.82, 2.24) is 10.2 Å². The molecule has 0 amide bonds. The highest BCUT2D eigenvalue weighted by Crippen LogP contribution is 2.25. The maximum atomic E-state index is 5.31. The van der Waals surface area contributed by atoms with Crippen LogP contribution in [0.5, 0.6) is 5.75 Å². The third kappa shape index (κ3) is 4.92. The predicted octanol–water partition coefficient (Wildman–Crippen LogP) is 3.31. The fraction of sp³-hybridized carbons (Fsp3) is 0.600. The Labute approximate surface area is 136 Å². The van der Waals surface area contributed by atoms with Crippen molar-refractivity contribution in [2.24, 2.45) is 5.92 Å². The first-order valence-electron chi connectivity index (χ1n) is 6.92. The van der Waals surface area contributed by atoms with Gasteiger partial charge in [-0.2, -0.15) is 0 Å². The van der Waals surface area contributed by atoms with E-state index in [-0.39, 0.29) is 12.4 Å². The molecule has 0 radical (unpaired) electrons. The van der Waals surface area contributed by atoms with E-state index in [4.69, 9.17) is 4.74 Å². The summed E-state index contributed by atoms with van der Waals surface area (Å²) in [5, 5.41) is 3.30. The zero-order valence-electron chi connectivity index (χ0n) is 12.2. The molecule has 1 atom stereocenters. The van der Waals surface area contributed by atoms with Crippen LogP contribution in [-0.4, -0.2) is 38.7 Å². The average molecular weight is 364 g/mol. The lowest BCUT2D eigenvalue weighted by Crippen LogP contribution is -2.38. The normalized spacial score (nSPS) is 19.4. The largest absolute Gasteiger partial charge is 0.497 e. The lowest BCUT2D eigenvalue weighted by molar-refractivity contribution is 0.166. The molecule has 1 unspecified atom stereocenters. The molecular weight excluding hydrogens is 340 g/mol. The first-order valence-corrected chi connectivity index (χ1v) is 7.71. The maximum absolute atomic E-state index is 5.31. The molecule has 0 saturated carbocycles. The van der Waals surface area contributed by atoms with E-state index < -0.39 is 0 Å². The molecule has 1 aliphatic heterocycles. The molecule has 1 aliphatic rings. The number of halogens is 2. The Hall–Kier alpha value is -0.290. The number of ether oxygens (including phenoxy) is 1. The molecule has 1 aromatic rings. The minimum Gasteiger partial charge on any atom is -0.497 e. The van der Waals surface area contributed by atoms with Gasteiger partial charge >= 0.3 is 0 Å². The van der Waals surface area contributed by atoms with Crippen LogP contribution in [0, 0.1) is 5.92 Å². The van der Waals surface area contributed by atoms with Gasteiger partial charge in [0.1, 0.15) is 5.75 Å². The minimum absolute atomic E-state index is 0. The highest BCUT2D eigenvalue weighted by Gasteiger charge is 2.20. The molecule has 0 spiro atoms. The summed E-state index contributed by atoms with van der Waals surface area (Å²) in [4.78, 5) is 2.55. The number of piperidine rings is 1. The summed E-state index contributed by atoms with van der Waals surface area (Å²) in [6.07, 6.45) is 2.64. The van der Waals surface area contributed by atoms with Crippen molar-refractivity contribution in [1.29, 1.82) is 0 Å². The second-order valence-corrected chi connectivity index (χ2v) is 6.11. The van der Waals surface area contributed by atoms with E-state index in [2.05, 4.69) is 38.3 Å². The van der Waals surface area contributed by atoms with Crippen LogP contribution < -0.4 is 10.1 Å². The molecule has 20 heavy (non-hydrogen) atoms. The van der Waals surface area contributed by atoms with E-state index in [1.807, 2.05) is 13.1 Å². The summed E-state index contributed by atoms with van der Waals surface area (Å²) in [6.45, 7) is 4.50. The Morgan fingerprint density at radius 1 is 1.45 bits per heavy atom. The van der Waals surface area contributed by atoms with Crippen molar-refractivity contribution in [2.45, 2.75) is 19.4 Å². The van der Waals surface area contributed by atoms with Gasteiger partial charge in [0.05, 0.1) is 7.11 Å². The SMILES string of the molecule is CNCC1CCCN(Cc2cc(OC)ccc2Br)C1.Cl. The number of benzene rings is 1. The van der Waals surface area contributed by atoms with Gasteiger partial charge in [-0.1, -0.05) is 15.9 Å². The lowest BCUT2D eigenvalue weighted by Gasteiger charge is -2.33. The second-order valence-electron chi connectivity index (χ2n) is 5.26. The van der Waals surface area contributed by atoms with Crippen LogP contribution in [0.25, 0.3) is 0 Å². The molecule has 2 rings (SSSR count). The fourth-order valence-corrected chi connectivity index (χ4v) is 3.16. The van der Waals surface area contributed by atoms with Gasteiger partial charge in [-0.25, -0.2) is 0 Å². The fourth-order valence-electron chi connectivity index (χ4n) is 2.79. The Balaban J connectivity index is 0.00000200. The average Bonchev–Trinajstić information content (AvgIpc) is 2.42. The molecule has 1 saturated heterocycles. The molecule has 1 aromatic carbocycles. The Kier molecular flexibility index (Phi) is 7.88. The predicted molar refractivity (Wildman–Crippen MR) is 89.9 cm³/mol. The van der Waals surface area contributed by atoms with Crippen LogP contribution in [0.3, 0.4) is 0 Å². The molecule has 114 valence electrons. The topological polar surface area (TPSA) is 24.5 Å². The number of likely N-dealkylation sites (tertiary alicyclic amines) is 1. The van der Waals surface area contributed by atoms with E-state index >= 15 is 0 Å². The summed E-state index contributed by atoms with van der Waals surface area (Å²) >= 11 is 3.64. The van der Waals surface area contributed by atoms with Crippen LogP contribution in [0.2, 0.25) is 0 Å². The van der Waals surface area contributed by atoms with Gasteiger partial charge in [0, 0.05) is 17.6 Å². The number of nitrogens with zero attached hydrogens (tertiary/aromatic N) is 1. The van der Waals surface area contributed by atoms with E-state index in [0.29, 0.717) is 0 Å². The summed E-state index contributed by atoms with van der Waals surface area (Å²) in [5.74, 6) is 1.71. The van der Waals surface area contributed by atoms with Crippen molar-refractivity contribution >= 4 is 28.3 Å². The molecule has 1 N–H and O–H groups in total. The van der Waals surface area contributed by atoms with Crippen LogP contribution in [-0.2, 0) is 6.54 Å². The monoisotopic (exact) mass is 362 g/mol. The van der Waals surface area contributed by atoms with Gasteiger partial charge < -0.3 is 10.1 Å². The third-order valence-electron chi connectivity index (χ3n) is 3.74. The Morgan fingerprint density at radius 3 is 2.95 bits per heavy atom. The van der Waals surface area contributed by atoms with E-state index in [1.165, 1.54) is 36.0 Å². The van der Waals surface area contributed by atoms with Crippen molar-refractivity contribution in [3.8, 4) is 5.75 Å². The van der Waals surface area contributed by atoms with Gasteiger partial charge in [-0.15, -0.1) is 12.4 Å². The second kappa shape index (κ2) is 8.88. The van der Waals surface area contributed by atoms with E-state index in [1.54, 1.807) is 7.11 Å². The molecule has 3 nitrogen and oxygen atoms in total. The lowest BCUT2D eigenvalue weighted by atomic mass is 9.97.